The Bertz CT molecular complexity index is 1290. The van der Waals surface area contributed by atoms with Gasteiger partial charge in [0, 0.05) is 24.1 Å². The highest BCUT2D eigenvalue weighted by atomic mass is 32.2. The first-order valence-corrected chi connectivity index (χ1v) is 12.3. The van der Waals surface area contributed by atoms with Gasteiger partial charge < -0.3 is 10.2 Å². The fourth-order valence-corrected chi connectivity index (χ4v) is 5.18. The van der Waals surface area contributed by atoms with Gasteiger partial charge in [-0.1, -0.05) is 30.3 Å². The number of amides is 1. The molecular weight excluding hydrogens is 444 g/mol. The smallest absolute Gasteiger partial charge is 0.262 e. The molecule has 0 saturated carbocycles. The van der Waals surface area contributed by atoms with Crippen LogP contribution in [0.25, 0.3) is 21.7 Å². The number of rotatable bonds is 10. The molecule has 9 heteroatoms. The van der Waals surface area contributed by atoms with Gasteiger partial charge in [-0.15, -0.1) is 11.3 Å². The fourth-order valence-electron chi connectivity index (χ4n) is 3.38. The molecule has 0 spiro atoms. The molecule has 0 aliphatic carbocycles. The van der Waals surface area contributed by atoms with Crippen molar-refractivity contribution in [2.75, 3.05) is 0 Å². The number of carbonyl (C=O) groups excluding carboxylic acids is 1. The summed E-state index contributed by atoms with van der Waals surface area (Å²) in [5.74, 6) is 1.92. The second-order valence-electron chi connectivity index (χ2n) is 7.49. The highest BCUT2D eigenvalue weighted by Crippen LogP contribution is 2.29. The standard InChI is InChI=1S/C23H24N4O3S2/c1-15-10-11-19(30-15)21-25-16(13-31-21)14-32-23-26-18-8-5-4-7-17(18)22(29)27(23)12-6-2-3-9-20(24)28/h4-5,7-8,10-11,13H,2-3,6,9,12,14H2,1H3,(H2,24,28). The molecule has 2 N–H and O–H groups in total. The Balaban J connectivity index is 1.52. The Labute approximate surface area is 193 Å². The second-order valence-corrected chi connectivity index (χ2v) is 9.29. The maximum absolute atomic E-state index is 13.1. The van der Waals surface area contributed by atoms with Gasteiger partial charge in [-0.25, -0.2) is 9.97 Å². The molecule has 7 nitrogen and oxygen atoms in total. The summed E-state index contributed by atoms with van der Waals surface area (Å²) < 4.78 is 7.40. The third-order valence-corrected chi connectivity index (χ3v) is 6.90. The summed E-state index contributed by atoms with van der Waals surface area (Å²) in [5, 5.41) is 4.13. The van der Waals surface area contributed by atoms with Gasteiger partial charge in [0.05, 0.1) is 16.6 Å². The number of hydrogen-bond acceptors (Lipinski definition) is 7. The number of furan rings is 1. The van der Waals surface area contributed by atoms with Gasteiger partial charge >= 0.3 is 0 Å². The van der Waals surface area contributed by atoms with E-state index in [2.05, 4.69) is 4.98 Å². The zero-order valence-electron chi connectivity index (χ0n) is 17.7. The number of unbranched alkanes of at least 4 members (excludes halogenated alkanes) is 2. The van der Waals surface area contributed by atoms with E-state index in [0.29, 0.717) is 34.8 Å². The van der Waals surface area contributed by atoms with Crippen molar-refractivity contribution in [3.05, 3.63) is 63.6 Å². The molecular formula is C23H24N4O3S2. The van der Waals surface area contributed by atoms with Gasteiger partial charge in [-0.2, -0.15) is 0 Å². The van der Waals surface area contributed by atoms with E-state index in [0.717, 1.165) is 41.5 Å². The Morgan fingerprint density at radius 3 is 2.78 bits per heavy atom. The molecule has 0 radical (unpaired) electrons. The summed E-state index contributed by atoms with van der Waals surface area (Å²) in [6.07, 6.45) is 2.69. The molecule has 0 saturated heterocycles. The SMILES string of the molecule is Cc1ccc(-c2nc(CSc3nc4ccccc4c(=O)n3CCCCCC(N)=O)cs2)o1. The molecule has 166 valence electrons. The summed E-state index contributed by atoms with van der Waals surface area (Å²) in [6.45, 7) is 2.46. The van der Waals surface area contributed by atoms with Crippen molar-refractivity contribution in [2.24, 2.45) is 5.73 Å². The minimum Gasteiger partial charge on any atom is -0.459 e. The second kappa shape index (κ2) is 10.1. The van der Waals surface area contributed by atoms with Crippen molar-refractivity contribution in [1.29, 1.82) is 0 Å². The van der Waals surface area contributed by atoms with Gasteiger partial charge in [-0.05, 0) is 44.0 Å². The fraction of sp³-hybridized carbons (Fsp3) is 0.304. The van der Waals surface area contributed by atoms with Crippen molar-refractivity contribution in [2.45, 2.75) is 50.1 Å². The van der Waals surface area contributed by atoms with Gasteiger partial charge in [0.1, 0.15) is 5.76 Å². The number of nitrogens with two attached hydrogens (primary N) is 1. The van der Waals surface area contributed by atoms with Crippen LogP contribution in [-0.2, 0) is 17.1 Å². The number of primary amides is 1. The number of nitrogens with zero attached hydrogens (tertiary/aromatic N) is 3. The highest BCUT2D eigenvalue weighted by molar-refractivity contribution is 7.98. The maximum atomic E-state index is 13.1. The van der Waals surface area contributed by atoms with Gasteiger partial charge in [0.25, 0.3) is 5.56 Å². The number of fused-ring (bicyclic) bond motifs is 1. The number of carbonyl (C=O) groups is 1. The van der Waals surface area contributed by atoms with E-state index in [4.69, 9.17) is 15.1 Å². The third-order valence-electron chi connectivity index (χ3n) is 4.98. The van der Waals surface area contributed by atoms with Crippen molar-refractivity contribution in [3.63, 3.8) is 0 Å². The Morgan fingerprint density at radius 1 is 1.16 bits per heavy atom. The lowest BCUT2D eigenvalue weighted by atomic mass is 10.2. The minimum absolute atomic E-state index is 0.0435. The lowest BCUT2D eigenvalue weighted by Gasteiger charge is -2.12. The van der Waals surface area contributed by atoms with E-state index in [1.165, 1.54) is 23.1 Å². The van der Waals surface area contributed by atoms with Gasteiger partial charge in [0.2, 0.25) is 5.91 Å². The monoisotopic (exact) mass is 468 g/mol. The largest absolute Gasteiger partial charge is 0.459 e. The normalized spacial score (nSPS) is 11.3. The zero-order valence-corrected chi connectivity index (χ0v) is 19.4. The molecule has 32 heavy (non-hydrogen) atoms. The summed E-state index contributed by atoms with van der Waals surface area (Å²) in [4.78, 5) is 33.5. The number of thiazole rings is 1. The number of hydrogen-bond donors (Lipinski definition) is 1. The van der Waals surface area contributed by atoms with Crippen LogP contribution in [0.4, 0.5) is 0 Å². The summed E-state index contributed by atoms with van der Waals surface area (Å²) in [7, 11) is 0. The first-order chi connectivity index (χ1) is 15.5. The topological polar surface area (TPSA) is 104 Å². The van der Waals surface area contributed by atoms with Crippen LogP contribution in [0.2, 0.25) is 0 Å². The number of aromatic nitrogens is 3. The molecule has 1 amide bonds. The summed E-state index contributed by atoms with van der Waals surface area (Å²) >= 11 is 3.04. The Morgan fingerprint density at radius 2 is 2.00 bits per heavy atom. The maximum Gasteiger partial charge on any atom is 0.262 e. The van der Waals surface area contributed by atoms with E-state index in [-0.39, 0.29) is 11.5 Å². The first kappa shape index (κ1) is 22.3. The lowest BCUT2D eigenvalue weighted by molar-refractivity contribution is -0.118. The number of benzene rings is 1. The van der Waals surface area contributed by atoms with Crippen LogP contribution in [0.5, 0.6) is 0 Å². The van der Waals surface area contributed by atoms with Crippen LogP contribution < -0.4 is 11.3 Å². The molecule has 3 heterocycles. The summed E-state index contributed by atoms with van der Waals surface area (Å²) in [5.41, 5.74) is 6.78. The van der Waals surface area contributed by atoms with Crippen LogP contribution in [0.3, 0.4) is 0 Å². The third kappa shape index (κ3) is 5.28. The molecule has 0 atom stereocenters. The lowest BCUT2D eigenvalue weighted by Crippen LogP contribution is -2.23. The average molecular weight is 469 g/mol. The van der Waals surface area contributed by atoms with Crippen molar-refractivity contribution in [1.82, 2.24) is 14.5 Å². The van der Waals surface area contributed by atoms with Crippen LogP contribution >= 0.6 is 23.1 Å². The number of para-hydroxylation sites is 1. The molecule has 3 aromatic heterocycles. The van der Waals surface area contributed by atoms with Crippen LogP contribution in [0.15, 0.2) is 56.1 Å². The Kier molecular flexibility index (Phi) is 7.06. The zero-order chi connectivity index (χ0) is 22.5. The van der Waals surface area contributed by atoms with Crippen molar-refractivity contribution >= 4 is 39.9 Å². The number of aryl methyl sites for hydroxylation is 1. The highest BCUT2D eigenvalue weighted by Gasteiger charge is 2.14. The number of thioether (sulfide) groups is 1. The van der Waals surface area contributed by atoms with Gasteiger partial charge in [0.15, 0.2) is 15.9 Å². The molecule has 4 rings (SSSR count). The van der Waals surface area contributed by atoms with E-state index < -0.39 is 0 Å². The quantitative estimate of drug-likeness (QED) is 0.204. The molecule has 4 aromatic rings. The van der Waals surface area contributed by atoms with Crippen LogP contribution in [-0.4, -0.2) is 20.4 Å². The molecule has 0 aliphatic rings. The summed E-state index contributed by atoms with van der Waals surface area (Å²) in [6, 6.07) is 11.2. The van der Waals surface area contributed by atoms with Crippen LogP contribution in [0.1, 0.15) is 37.1 Å². The molecule has 0 aliphatic heterocycles. The van der Waals surface area contributed by atoms with E-state index in [1.807, 2.05) is 42.6 Å². The molecule has 0 bridgehead atoms. The molecule has 1 aromatic carbocycles. The molecule has 0 unspecified atom stereocenters. The Hall–Kier alpha value is -2.91. The van der Waals surface area contributed by atoms with E-state index in [1.54, 1.807) is 10.6 Å². The predicted molar refractivity (Wildman–Crippen MR) is 128 cm³/mol. The van der Waals surface area contributed by atoms with E-state index in [9.17, 15) is 9.59 Å². The van der Waals surface area contributed by atoms with Crippen LogP contribution in [0, 0.1) is 6.92 Å². The first-order valence-electron chi connectivity index (χ1n) is 10.4. The van der Waals surface area contributed by atoms with Crippen molar-refractivity contribution < 1.29 is 9.21 Å². The molecule has 0 fully saturated rings. The van der Waals surface area contributed by atoms with Gasteiger partial charge in [-0.3, -0.25) is 14.2 Å². The van der Waals surface area contributed by atoms with Crippen molar-refractivity contribution in [3.8, 4) is 10.8 Å². The minimum atomic E-state index is -0.293. The van der Waals surface area contributed by atoms with E-state index >= 15 is 0 Å². The average Bonchev–Trinajstić information content (AvgIpc) is 3.42. The predicted octanol–water partition coefficient (Wildman–Crippen LogP) is 4.76.